The zero-order chi connectivity index (χ0) is 14.1. The third kappa shape index (κ3) is 2.27. The van der Waals surface area contributed by atoms with Gasteiger partial charge in [-0.1, -0.05) is 56.4 Å². The summed E-state index contributed by atoms with van der Waals surface area (Å²) in [6.45, 7) is 0. The van der Waals surface area contributed by atoms with Gasteiger partial charge < -0.3 is 5.11 Å². The van der Waals surface area contributed by atoms with E-state index in [1.165, 1.54) is 23.1 Å². The Kier molecular flexibility index (Phi) is 3.41. The molecule has 2 heterocycles. The van der Waals surface area contributed by atoms with E-state index in [9.17, 15) is 5.11 Å². The zero-order valence-electron chi connectivity index (χ0n) is 10.8. The summed E-state index contributed by atoms with van der Waals surface area (Å²) in [5.74, 6) is -0.288. The standard InChI is InChI=1S/C12H11N5OS2/c1-16-12-17(11(15-16)19-2)14-10(20-12)13-9(18)8-6-4-3-5-7-8/h3-7H,1-2H3. The number of nitrogens with zero attached hydrogens (tertiary/aromatic N) is 5. The number of benzene rings is 1. The molecule has 20 heavy (non-hydrogen) atoms. The minimum Gasteiger partial charge on any atom is -0.858 e. The van der Waals surface area contributed by atoms with Gasteiger partial charge >= 0.3 is 10.1 Å². The van der Waals surface area contributed by atoms with Gasteiger partial charge in [0.2, 0.25) is 5.13 Å². The predicted molar refractivity (Wildman–Crippen MR) is 76.5 cm³/mol. The normalized spacial score (nSPS) is 12.2. The maximum atomic E-state index is 12.0. The van der Waals surface area contributed by atoms with Crippen molar-refractivity contribution in [2.75, 3.05) is 6.26 Å². The van der Waals surface area contributed by atoms with E-state index < -0.39 is 0 Å². The van der Waals surface area contributed by atoms with Crippen LogP contribution >= 0.6 is 23.1 Å². The lowest BCUT2D eigenvalue weighted by Gasteiger charge is -2.08. The second kappa shape index (κ2) is 5.22. The smallest absolute Gasteiger partial charge is 0.361 e. The van der Waals surface area contributed by atoms with Gasteiger partial charge in [0, 0.05) is 0 Å². The van der Waals surface area contributed by atoms with Crippen molar-refractivity contribution in [3.05, 3.63) is 35.9 Å². The Bertz CT molecular complexity index is 778. The molecular weight excluding hydrogens is 294 g/mol. The molecule has 2 aromatic heterocycles. The van der Waals surface area contributed by atoms with Crippen molar-refractivity contribution in [1.29, 1.82) is 0 Å². The molecule has 0 aliphatic heterocycles. The second-order valence-electron chi connectivity index (χ2n) is 3.97. The second-order valence-corrected chi connectivity index (χ2v) is 5.68. The zero-order valence-corrected chi connectivity index (χ0v) is 12.5. The van der Waals surface area contributed by atoms with Crippen molar-refractivity contribution in [2.45, 2.75) is 5.16 Å². The van der Waals surface area contributed by atoms with E-state index in [0.717, 1.165) is 10.1 Å². The van der Waals surface area contributed by atoms with Crippen LogP contribution in [-0.4, -0.2) is 27.0 Å². The van der Waals surface area contributed by atoms with Crippen molar-refractivity contribution in [2.24, 2.45) is 12.0 Å². The summed E-state index contributed by atoms with van der Waals surface area (Å²) in [4.78, 5) is 4.89. The molecule has 0 spiro atoms. The Labute approximate surface area is 123 Å². The van der Waals surface area contributed by atoms with Gasteiger partial charge in [-0.3, -0.25) is 0 Å². The molecule has 0 unspecified atom stereocenters. The van der Waals surface area contributed by atoms with Crippen LogP contribution in [-0.2, 0) is 7.05 Å². The highest BCUT2D eigenvalue weighted by Crippen LogP contribution is 2.21. The van der Waals surface area contributed by atoms with Gasteiger partial charge in [0.1, 0.15) is 0 Å². The number of hydrogen-bond acceptors (Lipinski definition) is 6. The Hall–Kier alpha value is -1.93. The molecule has 3 aromatic rings. The highest BCUT2D eigenvalue weighted by Gasteiger charge is 2.21. The summed E-state index contributed by atoms with van der Waals surface area (Å²) in [6.07, 6.45) is 1.93. The number of hydrogen-bond donors (Lipinski definition) is 0. The summed E-state index contributed by atoms with van der Waals surface area (Å²) in [5, 5.41) is 21.8. The van der Waals surface area contributed by atoms with Gasteiger partial charge in [0.25, 0.3) is 0 Å². The average molecular weight is 305 g/mol. The monoisotopic (exact) mass is 305 g/mol. The summed E-state index contributed by atoms with van der Waals surface area (Å²) in [7, 11) is 1.84. The van der Waals surface area contributed by atoms with E-state index in [0.29, 0.717) is 10.7 Å². The van der Waals surface area contributed by atoms with Crippen LogP contribution in [0, 0.1) is 0 Å². The third-order valence-corrected chi connectivity index (χ3v) is 4.24. The van der Waals surface area contributed by atoms with Gasteiger partial charge in [-0.2, -0.15) is 0 Å². The van der Waals surface area contributed by atoms with Crippen molar-refractivity contribution >= 4 is 39.1 Å². The highest BCUT2D eigenvalue weighted by molar-refractivity contribution is 7.98. The molecule has 0 bridgehead atoms. The summed E-state index contributed by atoms with van der Waals surface area (Å²) >= 11 is 2.83. The molecule has 3 rings (SSSR count). The molecule has 0 amide bonds. The first-order valence-electron chi connectivity index (χ1n) is 5.80. The summed E-state index contributed by atoms with van der Waals surface area (Å²) in [6, 6.07) is 8.96. The summed E-state index contributed by atoms with van der Waals surface area (Å²) in [5.41, 5.74) is 0.556. The number of aliphatic imine (C=N–C) groups is 1. The molecule has 0 fully saturated rings. The van der Waals surface area contributed by atoms with Gasteiger partial charge in [-0.15, -0.1) is 0 Å². The lowest BCUT2D eigenvalue weighted by Crippen LogP contribution is -2.23. The minimum atomic E-state index is -0.288. The Balaban J connectivity index is 2.03. The fraction of sp³-hybridized carbons (Fsp3) is 0.167. The van der Waals surface area contributed by atoms with Crippen LogP contribution < -0.4 is 9.62 Å². The topological polar surface area (TPSA) is 70.2 Å². The average Bonchev–Trinajstić information content (AvgIpc) is 3.00. The van der Waals surface area contributed by atoms with Crippen LogP contribution in [0.2, 0.25) is 0 Å². The Morgan fingerprint density at radius 3 is 2.85 bits per heavy atom. The first-order valence-corrected chi connectivity index (χ1v) is 7.84. The number of fused-ring (bicyclic) bond motifs is 1. The highest BCUT2D eigenvalue weighted by atomic mass is 32.2. The molecule has 0 radical (unpaired) electrons. The molecule has 0 saturated carbocycles. The quantitative estimate of drug-likeness (QED) is 0.310. The molecule has 0 atom stereocenters. The van der Waals surface area contributed by atoms with E-state index in [1.807, 2.05) is 31.5 Å². The SMILES string of the molecule is CSc1nn(C)c2sc(/N=C(\[O-])c3ccccc3)n[n+]12. The van der Waals surface area contributed by atoms with Crippen LogP contribution in [0.25, 0.3) is 4.96 Å². The molecule has 0 aliphatic carbocycles. The molecule has 0 N–H and O–H groups in total. The molecule has 6 nitrogen and oxygen atoms in total. The molecular formula is C12H11N5OS2. The Morgan fingerprint density at radius 2 is 2.15 bits per heavy atom. The molecule has 8 heteroatoms. The molecule has 0 aliphatic rings. The molecule has 102 valence electrons. The first kappa shape index (κ1) is 13.1. The number of aryl methyl sites for hydroxylation is 1. The van der Waals surface area contributed by atoms with Crippen LogP contribution in [0.5, 0.6) is 0 Å². The summed E-state index contributed by atoms with van der Waals surface area (Å²) < 4.78 is 3.43. The third-order valence-electron chi connectivity index (χ3n) is 2.64. The van der Waals surface area contributed by atoms with Crippen molar-refractivity contribution in [3.8, 4) is 0 Å². The van der Waals surface area contributed by atoms with Gasteiger partial charge in [0.05, 0.1) is 12.1 Å². The van der Waals surface area contributed by atoms with E-state index in [-0.39, 0.29) is 5.90 Å². The molecule has 1 aromatic carbocycles. The van der Waals surface area contributed by atoms with Gasteiger partial charge in [0.15, 0.2) is 0 Å². The lowest BCUT2D eigenvalue weighted by atomic mass is 10.2. The van der Waals surface area contributed by atoms with E-state index in [4.69, 9.17) is 0 Å². The van der Waals surface area contributed by atoms with E-state index >= 15 is 0 Å². The fourth-order valence-electron chi connectivity index (χ4n) is 1.72. The Morgan fingerprint density at radius 1 is 1.40 bits per heavy atom. The van der Waals surface area contributed by atoms with Crippen molar-refractivity contribution in [3.63, 3.8) is 0 Å². The van der Waals surface area contributed by atoms with Crippen LogP contribution in [0.15, 0.2) is 40.5 Å². The number of aromatic nitrogens is 4. The number of rotatable bonds is 3. The maximum absolute atomic E-state index is 12.0. The molecule has 0 saturated heterocycles. The van der Waals surface area contributed by atoms with Crippen LogP contribution in [0.3, 0.4) is 0 Å². The first-order chi connectivity index (χ1) is 9.69. The van der Waals surface area contributed by atoms with Crippen molar-refractivity contribution in [1.82, 2.24) is 14.9 Å². The predicted octanol–water partition coefficient (Wildman–Crippen LogP) is 0.776. The lowest BCUT2D eigenvalue weighted by molar-refractivity contribution is -0.615. The maximum Gasteiger partial charge on any atom is 0.361 e. The van der Waals surface area contributed by atoms with E-state index in [2.05, 4.69) is 15.2 Å². The van der Waals surface area contributed by atoms with Gasteiger partial charge in [-0.05, 0) is 29.1 Å². The van der Waals surface area contributed by atoms with Crippen LogP contribution in [0.4, 0.5) is 5.13 Å². The van der Waals surface area contributed by atoms with Gasteiger partial charge in [-0.25, -0.2) is 4.99 Å². The fourth-order valence-corrected chi connectivity index (χ4v) is 3.08. The van der Waals surface area contributed by atoms with E-state index in [1.54, 1.807) is 21.3 Å². The van der Waals surface area contributed by atoms with Crippen molar-refractivity contribution < 1.29 is 9.62 Å². The van der Waals surface area contributed by atoms with Crippen LogP contribution in [0.1, 0.15) is 5.56 Å². The largest absolute Gasteiger partial charge is 0.858 e. The minimum absolute atomic E-state index is 0.288. The number of thioether (sulfide) groups is 1.